The molecular weight excluding hydrogens is 307 g/mol. The van der Waals surface area contributed by atoms with E-state index in [2.05, 4.69) is 15.3 Å². The minimum atomic E-state index is -0.726. The quantitative estimate of drug-likeness (QED) is 0.533. The van der Waals surface area contributed by atoms with Crippen LogP contribution in [0.25, 0.3) is 0 Å². The van der Waals surface area contributed by atoms with Gasteiger partial charge < -0.3 is 5.32 Å². The number of carbonyl (C=O) groups is 1. The smallest absolute Gasteiger partial charge is 0.300 e. The number of nitrogens with zero attached hydrogens (tertiary/aromatic N) is 3. The third kappa shape index (κ3) is 3.01. The topological polar surface area (TPSA) is 98.0 Å². The van der Waals surface area contributed by atoms with Gasteiger partial charge in [-0.25, -0.2) is 9.97 Å². The Labute approximate surface area is 122 Å². The first-order valence-corrected chi connectivity index (χ1v) is 5.96. The summed E-state index contributed by atoms with van der Waals surface area (Å²) in [6.07, 6.45) is 2.37. The van der Waals surface area contributed by atoms with Crippen molar-refractivity contribution in [3.05, 3.63) is 56.6 Å². The average Bonchev–Trinajstić information content (AvgIpc) is 2.40. The molecule has 0 radical (unpaired) electrons. The number of aromatic nitrogens is 2. The number of pyridine rings is 2. The summed E-state index contributed by atoms with van der Waals surface area (Å²) >= 11 is 11.4. The molecule has 0 saturated carbocycles. The van der Waals surface area contributed by atoms with Gasteiger partial charge in [-0.2, -0.15) is 0 Å². The van der Waals surface area contributed by atoms with Crippen LogP contribution in [0.1, 0.15) is 10.4 Å². The molecule has 9 heteroatoms. The van der Waals surface area contributed by atoms with E-state index in [-0.39, 0.29) is 21.6 Å². The van der Waals surface area contributed by atoms with Gasteiger partial charge in [0, 0.05) is 6.20 Å². The summed E-state index contributed by atoms with van der Waals surface area (Å²) in [5, 5.41) is 13.3. The Kier molecular flexibility index (Phi) is 4.11. The number of nitrogens with one attached hydrogen (secondary N) is 1. The zero-order chi connectivity index (χ0) is 14.7. The van der Waals surface area contributed by atoms with Crippen LogP contribution < -0.4 is 5.32 Å². The highest BCUT2D eigenvalue weighted by Gasteiger charge is 2.22. The number of halogens is 2. The van der Waals surface area contributed by atoms with Crippen molar-refractivity contribution in [2.45, 2.75) is 0 Å². The van der Waals surface area contributed by atoms with E-state index in [9.17, 15) is 14.9 Å². The van der Waals surface area contributed by atoms with Crippen molar-refractivity contribution in [3.63, 3.8) is 0 Å². The minimum absolute atomic E-state index is 0.0296. The van der Waals surface area contributed by atoms with Crippen molar-refractivity contribution in [2.24, 2.45) is 0 Å². The molecule has 7 nitrogen and oxygen atoms in total. The van der Waals surface area contributed by atoms with Gasteiger partial charge in [0.15, 0.2) is 5.15 Å². The number of amides is 1. The van der Waals surface area contributed by atoms with E-state index in [0.29, 0.717) is 0 Å². The van der Waals surface area contributed by atoms with Crippen LogP contribution in [0, 0.1) is 10.1 Å². The molecule has 2 aromatic rings. The Morgan fingerprint density at radius 3 is 2.75 bits per heavy atom. The highest BCUT2D eigenvalue weighted by molar-refractivity contribution is 6.33. The van der Waals surface area contributed by atoms with Crippen LogP contribution in [0.2, 0.25) is 10.3 Å². The molecule has 20 heavy (non-hydrogen) atoms. The SMILES string of the molecule is O=C(Nc1cccnc1Cl)c1cc(Cl)ncc1[N+](=O)[O-]. The highest BCUT2D eigenvalue weighted by Crippen LogP contribution is 2.23. The summed E-state index contributed by atoms with van der Waals surface area (Å²) in [5.74, 6) is -0.726. The van der Waals surface area contributed by atoms with Crippen LogP contribution in [-0.4, -0.2) is 20.8 Å². The van der Waals surface area contributed by atoms with Gasteiger partial charge in [0.25, 0.3) is 11.6 Å². The Bertz CT molecular complexity index is 693. The summed E-state index contributed by atoms with van der Waals surface area (Å²) < 4.78 is 0. The zero-order valence-corrected chi connectivity index (χ0v) is 11.2. The molecule has 2 heterocycles. The fraction of sp³-hybridized carbons (Fsp3) is 0. The molecule has 0 unspecified atom stereocenters. The molecule has 0 spiro atoms. The summed E-state index contributed by atoms with van der Waals surface area (Å²) in [5.41, 5.74) is -0.428. The molecule has 0 fully saturated rings. The second-order valence-corrected chi connectivity index (χ2v) is 4.32. The number of anilines is 1. The standard InChI is InChI=1S/C11H6Cl2N4O3/c12-9-4-6(8(5-15-9)17(19)20)11(18)16-7-2-1-3-14-10(7)13/h1-5H,(H,16,18). The molecule has 0 saturated heterocycles. The van der Waals surface area contributed by atoms with Crippen LogP contribution in [0.3, 0.4) is 0 Å². The first kappa shape index (κ1) is 14.2. The van der Waals surface area contributed by atoms with Crippen LogP contribution in [0.5, 0.6) is 0 Å². The van der Waals surface area contributed by atoms with Gasteiger partial charge in [0.05, 0.1) is 10.6 Å². The number of carbonyl (C=O) groups excluding carboxylic acids is 1. The van der Waals surface area contributed by atoms with Crippen LogP contribution in [0.4, 0.5) is 11.4 Å². The summed E-state index contributed by atoms with van der Waals surface area (Å²) in [7, 11) is 0. The lowest BCUT2D eigenvalue weighted by Crippen LogP contribution is -2.14. The molecule has 2 aromatic heterocycles. The largest absolute Gasteiger partial charge is 0.319 e. The minimum Gasteiger partial charge on any atom is -0.319 e. The van der Waals surface area contributed by atoms with E-state index in [1.165, 1.54) is 12.3 Å². The lowest BCUT2D eigenvalue weighted by atomic mass is 10.2. The van der Waals surface area contributed by atoms with Crippen LogP contribution in [0.15, 0.2) is 30.6 Å². The van der Waals surface area contributed by atoms with Crippen LogP contribution >= 0.6 is 23.2 Å². The summed E-state index contributed by atoms with van der Waals surface area (Å²) in [4.78, 5) is 29.5. The third-order valence-corrected chi connectivity index (χ3v) is 2.81. The second-order valence-electron chi connectivity index (χ2n) is 3.58. The predicted molar refractivity (Wildman–Crippen MR) is 73.1 cm³/mol. The van der Waals surface area contributed by atoms with E-state index in [1.807, 2.05) is 0 Å². The van der Waals surface area contributed by atoms with Crippen LogP contribution in [-0.2, 0) is 0 Å². The molecule has 0 atom stereocenters. The van der Waals surface area contributed by atoms with Gasteiger partial charge in [-0.05, 0) is 18.2 Å². The van der Waals surface area contributed by atoms with Crippen molar-refractivity contribution in [3.8, 4) is 0 Å². The monoisotopic (exact) mass is 312 g/mol. The molecule has 0 aliphatic heterocycles. The first-order valence-electron chi connectivity index (χ1n) is 5.21. The summed E-state index contributed by atoms with van der Waals surface area (Å²) in [6, 6.07) is 4.19. The van der Waals surface area contributed by atoms with Gasteiger partial charge in [-0.15, -0.1) is 0 Å². The third-order valence-electron chi connectivity index (χ3n) is 2.30. The van der Waals surface area contributed by atoms with Gasteiger partial charge in [0.2, 0.25) is 0 Å². The molecule has 1 amide bonds. The number of nitro groups is 1. The van der Waals surface area contributed by atoms with Crippen molar-refractivity contribution >= 4 is 40.5 Å². The number of hydrogen-bond donors (Lipinski definition) is 1. The van der Waals surface area contributed by atoms with Crippen molar-refractivity contribution < 1.29 is 9.72 Å². The maximum absolute atomic E-state index is 12.1. The van der Waals surface area contributed by atoms with Gasteiger partial charge in [-0.1, -0.05) is 23.2 Å². The Hall–Kier alpha value is -2.25. The lowest BCUT2D eigenvalue weighted by Gasteiger charge is -2.06. The average molecular weight is 313 g/mol. The molecule has 1 N–H and O–H groups in total. The van der Waals surface area contributed by atoms with Crippen molar-refractivity contribution in [1.82, 2.24) is 9.97 Å². The number of rotatable bonds is 3. The fourth-order valence-electron chi connectivity index (χ4n) is 1.42. The van der Waals surface area contributed by atoms with E-state index in [1.54, 1.807) is 6.07 Å². The van der Waals surface area contributed by atoms with E-state index in [0.717, 1.165) is 12.3 Å². The molecule has 0 aromatic carbocycles. The van der Waals surface area contributed by atoms with Gasteiger partial charge in [0.1, 0.15) is 16.9 Å². The van der Waals surface area contributed by atoms with Gasteiger partial charge >= 0.3 is 0 Å². The van der Waals surface area contributed by atoms with E-state index in [4.69, 9.17) is 23.2 Å². The van der Waals surface area contributed by atoms with Gasteiger partial charge in [-0.3, -0.25) is 14.9 Å². The fourth-order valence-corrected chi connectivity index (χ4v) is 1.74. The lowest BCUT2D eigenvalue weighted by molar-refractivity contribution is -0.385. The van der Waals surface area contributed by atoms with Crippen molar-refractivity contribution in [1.29, 1.82) is 0 Å². The molecule has 102 valence electrons. The summed E-state index contributed by atoms with van der Waals surface area (Å²) in [6.45, 7) is 0. The van der Waals surface area contributed by atoms with Crippen molar-refractivity contribution in [2.75, 3.05) is 5.32 Å². The normalized spacial score (nSPS) is 10.1. The Morgan fingerprint density at radius 2 is 2.10 bits per heavy atom. The van der Waals surface area contributed by atoms with E-state index < -0.39 is 16.5 Å². The predicted octanol–water partition coefficient (Wildman–Crippen LogP) is 2.94. The second kappa shape index (κ2) is 5.81. The zero-order valence-electron chi connectivity index (χ0n) is 9.71. The molecule has 2 rings (SSSR count). The molecular formula is C11H6Cl2N4O3. The van der Waals surface area contributed by atoms with E-state index >= 15 is 0 Å². The maximum atomic E-state index is 12.1. The highest BCUT2D eigenvalue weighted by atomic mass is 35.5. The Balaban J connectivity index is 2.37. The maximum Gasteiger partial charge on any atom is 0.300 e. The number of hydrogen-bond acceptors (Lipinski definition) is 5. The molecule has 0 aliphatic rings. The first-order chi connectivity index (χ1) is 9.49. The Morgan fingerprint density at radius 1 is 1.35 bits per heavy atom. The molecule has 0 bridgehead atoms. The molecule has 0 aliphatic carbocycles.